The highest BCUT2D eigenvalue weighted by Crippen LogP contribution is 2.33. The van der Waals surface area contributed by atoms with Gasteiger partial charge in [0.15, 0.2) is 0 Å². The summed E-state index contributed by atoms with van der Waals surface area (Å²) in [6.45, 7) is 0.590. The van der Waals surface area contributed by atoms with Gasteiger partial charge in [0, 0.05) is 17.1 Å². The van der Waals surface area contributed by atoms with Crippen molar-refractivity contribution < 1.29 is 4.74 Å². The van der Waals surface area contributed by atoms with Gasteiger partial charge in [-0.05, 0) is 30.7 Å². The van der Waals surface area contributed by atoms with E-state index in [0.29, 0.717) is 6.54 Å². The summed E-state index contributed by atoms with van der Waals surface area (Å²) in [5.74, 6) is 0.799. The maximum Gasteiger partial charge on any atom is 0.141 e. The van der Waals surface area contributed by atoms with Gasteiger partial charge in [-0.1, -0.05) is 12.1 Å². The number of ether oxygens (including phenoxy) is 1. The summed E-state index contributed by atoms with van der Waals surface area (Å²) >= 11 is 0. The van der Waals surface area contributed by atoms with Crippen LogP contribution in [0.4, 0.5) is 0 Å². The number of rotatable bonds is 4. The number of methoxy groups -OCH3 is 1. The van der Waals surface area contributed by atoms with E-state index < -0.39 is 0 Å². The van der Waals surface area contributed by atoms with Crippen molar-refractivity contribution in [2.75, 3.05) is 13.7 Å². The SMILES string of the molecule is COc1ccccc1-c1ncnc2[nH]cc(CCN)c12. The van der Waals surface area contributed by atoms with Crippen LogP contribution in [-0.2, 0) is 6.42 Å². The van der Waals surface area contributed by atoms with Crippen molar-refractivity contribution in [3.63, 3.8) is 0 Å². The second-order valence-electron chi connectivity index (χ2n) is 4.50. The lowest BCUT2D eigenvalue weighted by atomic mass is 10.0. The molecule has 0 atom stereocenters. The van der Waals surface area contributed by atoms with Crippen molar-refractivity contribution in [3.8, 4) is 17.0 Å². The molecule has 0 amide bonds. The Hall–Kier alpha value is -2.40. The molecular weight excluding hydrogens is 252 g/mol. The minimum atomic E-state index is 0.590. The van der Waals surface area contributed by atoms with E-state index in [-0.39, 0.29) is 0 Å². The standard InChI is InChI=1S/C15H16N4O/c1-20-12-5-3-2-4-11(12)14-13-10(6-7-16)8-17-15(13)19-9-18-14/h2-5,8-9H,6-7,16H2,1H3,(H,17,18,19). The predicted molar refractivity (Wildman–Crippen MR) is 78.6 cm³/mol. The molecule has 0 aliphatic heterocycles. The average molecular weight is 268 g/mol. The van der Waals surface area contributed by atoms with Crippen LogP contribution >= 0.6 is 0 Å². The lowest BCUT2D eigenvalue weighted by molar-refractivity contribution is 0.416. The van der Waals surface area contributed by atoms with Crippen molar-refractivity contribution in [1.82, 2.24) is 15.0 Å². The zero-order chi connectivity index (χ0) is 13.9. The number of hydrogen-bond acceptors (Lipinski definition) is 4. The predicted octanol–water partition coefficient (Wildman–Crippen LogP) is 2.13. The second kappa shape index (κ2) is 5.30. The van der Waals surface area contributed by atoms with E-state index in [9.17, 15) is 0 Å². The van der Waals surface area contributed by atoms with Crippen LogP contribution in [0.25, 0.3) is 22.3 Å². The first-order valence-corrected chi connectivity index (χ1v) is 6.49. The lowest BCUT2D eigenvalue weighted by Crippen LogP contribution is -2.02. The largest absolute Gasteiger partial charge is 0.496 e. The third kappa shape index (κ3) is 2.02. The van der Waals surface area contributed by atoms with E-state index >= 15 is 0 Å². The number of nitrogens with zero attached hydrogens (tertiary/aromatic N) is 2. The molecule has 0 bridgehead atoms. The highest BCUT2D eigenvalue weighted by atomic mass is 16.5. The van der Waals surface area contributed by atoms with Gasteiger partial charge in [-0.2, -0.15) is 0 Å². The van der Waals surface area contributed by atoms with Gasteiger partial charge in [-0.25, -0.2) is 9.97 Å². The summed E-state index contributed by atoms with van der Waals surface area (Å²) in [5, 5.41) is 1.02. The summed E-state index contributed by atoms with van der Waals surface area (Å²) in [7, 11) is 1.66. The number of benzene rings is 1. The van der Waals surface area contributed by atoms with Crippen molar-refractivity contribution >= 4 is 11.0 Å². The van der Waals surface area contributed by atoms with Gasteiger partial charge in [-0.15, -0.1) is 0 Å². The molecule has 3 rings (SSSR count). The fraction of sp³-hybridized carbons (Fsp3) is 0.200. The first kappa shape index (κ1) is 12.6. The van der Waals surface area contributed by atoms with Gasteiger partial charge in [0.25, 0.3) is 0 Å². The molecule has 3 N–H and O–H groups in total. The van der Waals surface area contributed by atoms with Gasteiger partial charge >= 0.3 is 0 Å². The topological polar surface area (TPSA) is 76.8 Å². The molecule has 0 saturated carbocycles. The molecule has 0 spiro atoms. The quantitative estimate of drug-likeness (QED) is 0.760. The fourth-order valence-electron chi connectivity index (χ4n) is 2.42. The molecule has 1 aromatic carbocycles. The zero-order valence-electron chi connectivity index (χ0n) is 11.3. The van der Waals surface area contributed by atoms with Crippen LogP contribution in [0, 0.1) is 0 Å². The monoisotopic (exact) mass is 268 g/mol. The fourth-order valence-corrected chi connectivity index (χ4v) is 2.42. The minimum Gasteiger partial charge on any atom is -0.496 e. The Morgan fingerprint density at radius 3 is 2.90 bits per heavy atom. The zero-order valence-corrected chi connectivity index (χ0v) is 11.3. The number of para-hydroxylation sites is 1. The number of nitrogens with two attached hydrogens (primary N) is 1. The van der Waals surface area contributed by atoms with Crippen LogP contribution in [-0.4, -0.2) is 28.6 Å². The molecule has 0 radical (unpaired) electrons. The van der Waals surface area contributed by atoms with Crippen molar-refractivity contribution in [1.29, 1.82) is 0 Å². The normalized spacial score (nSPS) is 10.9. The Labute approximate surface area is 116 Å². The third-order valence-corrected chi connectivity index (χ3v) is 3.33. The average Bonchev–Trinajstić information content (AvgIpc) is 2.91. The Morgan fingerprint density at radius 1 is 1.25 bits per heavy atom. The van der Waals surface area contributed by atoms with E-state index in [4.69, 9.17) is 10.5 Å². The summed E-state index contributed by atoms with van der Waals surface area (Å²) < 4.78 is 5.43. The Kier molecular flexibility index (Phi) is 3.35. The van der Waals surface area contributed by atoms with Crippen molar-refractivity contribution in [2.24, 2.45) is 5.73 Å². The maximum absolute atomic E-state index is 5.68. The number of H-pyrrole nitrogens is 1. The van der Waals surface area contributed by atoms with Gasteiger partial charge in [0.05, 0.1) is 12.8 Å². The van der Waals surface area contributed by atoms with E-state index in [2.05, 4.69) is 15.0 Å². The molecule has 102 valence electrons. The van der Waals surface area contributed by atoms with E-state index in [1.807, 2.05) is 30.5 Å². The van der Waals surface area contributed by atoms with Gasteiger partial charge in [-0.3, -0.25) is 0 Å². The molecule has 0 saturated heterocycles. The van der Waals surface area contributed by atoms with Crippen LogP contribution in [0.5, 0.6) is 5.75 Å². The number of fused-ring (bicyclic) bond motifs is 1. The Bertz CT molecular complexity index is 736. The van der Waals surface area contributed by atoms with Crippen LogP contribution in [0.2, 0.25) is 0 Å². The molecule has 5 nitrogen and oxygen atoms in total. The van der Waals surface area contributed by atoms with Gasteiger partial charge in [0.1, 0.15) is 17.7 Å². The molecule has 3 aromatic rings. The Morgan fingerprint density at radius 2 is 2.10 bits per heavy atom. The highest BCUT2D eigenvalue weighted by Gasteiger charge is 2.15. The molecule has 0 fully saturated rings. The summed E-state index contributed by atoms with van der Waals surface area (Å²) in [6.07, 6.45) is 4.30. The molecule has 0 aliphatic rings. The lowest BCUT2D eigenvalue weighted by Gasteiger charge is -2.09. The highest BCUT2D eigenvalue weighted by molar-refractivity contribution is 5.94. The number of aromatic nitrogens is 3. The van der Waals surface area contributed by atoms with Crippen molar-refractivity contribution in [2.45, 2.75) is 6.42 Å². The van der Waals surface area contributed by atoms with Crippen LogP contribution in [0.3, 0.4) is 0 Å². The molecular formula is C15H16N4O. The third-order valence-electron chi connectivity index (χ3n) is 3.33. The summed E-state index contributed by atoms with van der Waals surface area (Å²) in [6, 6.07) is 7.85. The summed E-state index contributed by atoms with van der Waals surface area (Å²) in [5.41, 5.74) is 9.46. The van der Waals surface area contributed by atoms with Crippen molar-refractivity contribution in [3.05, 3.63) is 42.4 Å². The van der Waals surface area contributed by atoms with Crippen LogP contribution < -0.4 is 10.5 Å². The Balaban J connectivity index is 2.27. The smallest absolute Gasteiger partial charge is 0.141 e. The number of nitrogens with one attached hydrogen (secondary N) is 1. The van der Waals surface area contributed by atoms with Crippen LogP contribution in [0.15, 0.2) is 36.8 Å². The van der Waals surface area contributed by atoms with E-state index in [1.165, 1.54) is 0 Å². The van der Waals surface area contributed by atoms with E-state index in [0.717, 1.165) is 40.0 Å². The first-order chi connectivity index (χ1) is 9.85. The molecule has 2 heterocycles. The maximum atomic E-state index is 5.68. The number of aromatic amines is 1. The molecule has 20 heavy (non-hydrogen) atoms. The second-order valence-corrected chi connectivity index (χ2v) is 4.50. The molecule has 5 heteroatoms. The number of hydrogen-bond donors (Lipinski definition) is 2. The van der Waals surface area contributed by atoms with Crippen LogP contribution in [0.1, 0.15) is 5.56 Å². The summed E-state index contributed by atoms with van der Waals surface area (Å²) in [4.78, 5) is 11.9. The molecule has 0 unspecified atom stereocenters. The minimum absolute atomic E-state index is 0.590. The van der Waals surface area contributed by atoms with Gasteiger partial charge < -0.3 is 15.5 Å². The molecule has 0 aliphatic carbocycles. The first-order valence-electron chi connectivity index (χ1n) is 6.49. The van der Waals surface area contributed by atoms with Gasteiger partial charge in [0.2, 0.25) is 0 Å². The molecule has 2 aromatic heterocycles. The van der Waals surface area contributed by atoms with E-state index in [1.54, 1.807) is 13.4 Å².